The molecule has 8 heteroatoms. The van der Waals surface area contributed by atoms with E-state index in [4.69, 9.17) is 18.9 Å². The molecule has 1 heterocycles. The molecule has 0 bridgehead atoms. The van der Waals surface area contributed by atoms with Gasteiger partial charge in [0.1, 0.15) is 24.9 Å². The summed E-state index contributed by atoms with van der Waals surface area (Å²) >= 11 is 0. The van der Waals surface area contributed by atoms with Crippen LogP contribution in [0, 0.1) is 0 Å². The fraction of sp³-hybridized carbons (Fsp3) is 0.333. The lowest BCUT2D eigenvalue weighted by molar-refractivity contribution is -0.293. The van der Waals surface area contributed by atoms with E-state index >= 15 is 0 Å². The molecular weight excluding hydrogens is 380 g/mol. The van der Waals surface area contributed by atoms with Gasteiger partial charge in [0.05, 0.1) is 11.1 Å². The Morgan fingerprint density at radius 3 is 2.00 bits per heavy atom. The van der Waals surface area contributed by atoms with E-state index < -0.39 is 42.6 Å². The lowest BCUT2D eigenvalue weighted by Crippen LogP contribution is -2.60. The summed E-state index contributed by atoms with van der Waals surface area (Å²) in [6, 6.07) is 16.5. The summed E-state index contributed by atoms with van der Waals surface area (Å²) in [4.78, 5) is 24.4. The van der Waals surface area contributed by atoms with Gasteiger partial charge in [-0.1, -0.05) is 36.4 Å². The first-order valence-corrected chi connectivity index (χ1v) is 9.04. The summed E-state index contributed by atoms with van der Waals surface area (Å²) in [5.41, 5.74) is 0.624. The number of hydrogen-bond donors (Lipinski definition) is 2. The minimum Gasteiger partial charge on any atom is -0.459 e. The number of rotatable bonds is 6. The van der Waals surface area contributed by atoms with Crippen LogP contribution in [0.4, 0.5) is 0 Å². The number of methoxy groups -OCH3 is 1. The average molecular weight is 402 g/mol. The number of ether oxygens (including phenoxy) is 4. The Morgan fingerprint density at radius 2 is 1.45 bits per heavy atom. The molecule has 5 atom stereocenters. The number of aliphatic hydroxyl groups is 2. The summed E-state index contributed by atoms with van der Waals surface area (Å²) in [6.45, 7) is -0.314. The third-order valence-electron chi connectivity index (χ3n) is 4.52. The number of aliphatic hydroxyl groups excluding tert-OH is 2. The molecule has 1 saturated heterocycles. The molecular formula is C21H22O8. The molecule has 0 spiro atoms. The van der Waals surface area contributed by atoms with Crippen molar-refractivity contribution in [1.29, 1.82) is 0 Å². The van der Waals surface area contributed by atoms with Gasteiger partial charge in [0.25, 0.3) is 0 Å². The summed E-state index contributed by atoms with van der Waals surface area (Å²) in [5, 5.41) is 20.8. The molecule has 29 heavy (non-hydrogen) atoms. The quantitative estimate of drug-likeness (QED) is 0.693. The van der Waals surface area contributed by atoms with Crippen molar-refractivity contribution in [2.45, 2.75) is 30.7 Å². The summed E-state index contributed by atoms with van der Waals surface area (Å²) in [7, 11) is 1.31. The molecule has 0 amide bonds. The normalized spacial score (nSPS) is 26.5. The SMILES string of the molecule is CO[C@H]1OC(COC(=O)c2ccccc2)[C@@H](O)[C@@H](O)C1OC(=O)c1ccccc1. The van der Waals surface area contributed by atoms with Crippen LogP contribution in [0.25, 0.3) is 0 Å². The van der Waals surface area contributed by atoms with Crippen molar-refractivity contribution < 1.29 is 38.7 Å². The van der Waals surface area contributed by atoms with E-state index in [1.165, 1.54) is 7.11 Å². The predicted molar refractivity (Wildman–Crippen MR) is 100 cm³/mol. The molecule has 2 aromatic rings. The Kier molecular flexibility index (Phi) is 6.95. The van der Waals surface area contributed by atoms with Crippen molar-refractivity contribution in [3.8, 4) is 0 Å². The van der Waals surface area contributed by atoms with Crippen LogP contribution in [-0.2, 0) is 18.9 Å². The maximum absolute atomic E-state index is 12.3. The Hall–Kier alpha value is -2.78. The van der Waals surface area contributed by atoms with Crippen LogP contribution in [0.1, 0.15) is 20.7 Å². The van der Waals surface area contributed by atoms with Gasteiger partial charge in [-0.2, -0.15) is 0 Å². The van der Waals surface area contributed by atoms with Gasteiger partial charge in [-0.25, -0.2) is 9.59 Å². The number of carbonyl (C=O) groups excluding carboxylic acids is 2. The molecule has 1 aliphatic rings. The number of carbonyl (C=O) groups is 2. The van der Waals surface area contributed by atoms with Gasteiger partial charge in [-0.05, 0) is 24.3 Å². The molecule has 3 rings (SSSR count). The first-order chi connectivity index (χ1) is 14.0. The number of benzene rings is 2. The van der Waals surface area contributed by atoms with Crippen molar-refractivity contribution in [3.63, 3.8) is 0 Å². The van der Waals surface area contributed by atoms with Gasteiger partial charge in [0, 0.05) is 7.11 Å². The third-order valence-corrected chi connectivity index (χ3v) is 4.52. The molecule has 154 valence electrons. The standard InChI is InChI=1S/C21H22O8/c1-26-21-18(29-20(25)14-10-6-3-7-11-14)17(23)16(22)15(28-21)12-27-19(24)13-8-4-2-5-9-13/h2-11,15-18,21-23H,12H2,1H3/t15?,16-,17-,18?,21+/m1/s1. The van der Waals surface area contributed by atoms with Gasteiger partial charge in [0.15, 0.2) is 12.4 Å². The van der Waals surface area contributed by atoms with E-state index in [9.17, 15) is 19.8 Å². The van der Waals surface area contributed by atoms with Gasteiger partial charge in [-0.15, -0.1) is 0 Å². The molecule has 1 aliphatic heterocycles. The summed E-state index contributed by atoms with van der Waals surface area (Å²) < 4.78 is 21.2. The Bertz CT molecular complexity index is 806. The largest absolute Gasteiger partial charge is 0.459 e. The molecule has 0 aromatic heterocycles. The monoisotopic (exact) mass is 402 g/mol. The molecule has 0 aliphatic carbocycles. The molecule has 2 unspecified atom stereocenters. The van der Waals surface area contributed by atoms with Crippen LogP contribution in [0.2, 0.25) is 0 Å². The molecule has 0 radical (unpaired) electrons. The highest BCUT2D eigenvalue weighted by Crippen LogP contribution is 2.25. The summed E-state index contributed by atoms with van der Waals surface area (Å²) in [6.07, 6.45) is -6.43. The second-order valence-corrected chi connectivity index (χ2v) is 6.46. The van der Waals surface area contributed by atoms with Crippen LogP contribution in [0.5, 0.6) is 0 Å². The predicted octanol–water partition coefficient (Wildman–Crippen LogP) is 1.16. The highest BCUT2D eigenvalue weighted by Gasteiger charge is 2.47. The first-order valence-electron chi connectivity index (χ1n) is 9.04. The highest BCUT2D eigenvalue weighted by atomic mass is 16.7. The average Bonchev–Trinajstić information content (AvgIpc) is 2.77. The van der Waals surface area contributed by atoms with Crippen LogP contribution in [0.15, 0.2) is 60.7 Å². The maximum Gasteiger partial charge on any atom is 0.338 e. The van der Waals surface area contributed by atoms with Crippen molar-refractivity contribution in [2.24, 2.45) is 0 Å². The fourth-order valence-corrected chi connectivity index (χ4v) is 2.94. The Labute approximate surface area is 167 Å². The van der Waals surface area contributed by atoms with E-state index in [-0.39, 0.29) is 12.2 Å². The topological polar surface area (TPSA) is 112 Å². The second-order valence-electron chi connectivity index (χ2n) is 6.46. The Morgan fingerprint density at radius 1 is 0.897 bits per heavy atom. The van der Waals surface area contributed by atoms with Crippen molar-refractivity contribution in [2.75, 3.05) is 13.7 Å². The van der Waals surface area contributed by atoms with E-state index in [0.29, 0.717) is 5.56 Å². The van der Waals surface area contributed by atoms with Gasteiger partial charge >= 0.3 is 11.9 Å². The fourth-order valence-electron chi connectivity index (χ4n) is 2.94. The smallest absolute Gasteiger partial charge is 0.338 e. The van der Waals surface area contributed by atoms with Crippen LogP contribution >= 0.6 is 0 Å². The van der Waals surface area contributed by atoms with Crippen molar-refractivity contribution in [3.05, 3.63) is 71.8 Å². The van der Waals surface area contributed by atoms with E-state index in [1.54, 1.807) is 60.7 Å². The van der Waals surface area contributed by atoms with E-state index in [0.717, 1.165) is 0 Å². The Balaban J connectivity index is 1.63. The minimum absolute atomic E-state index is 0.281. The van der Waals surface area contributed by atoms with Crippen LogP contribution in [-0.4, -0.2) is 66.6 Å². The molecule has 1 fully saturated rings. The van der Waals surface area contributed by atoms with Crippen molar-refractivity contribution in [1.82, 2.24) is 0 Å². The minimum atomic E-state index is -1.50. The first kappa shape index (κ1) is 20.9. The second kappa shape index (κ2) is 9.62. The lowest BCUT2D eigenvalue weighted by atomic mass is 9.99. The molecule has 0 saturated carbocycles. The van der Waals surface area contributed by atoms with Crippen LogP contribution in [0.3, 0.4) is 0 Å². The number of hydrogen-bond acceptors (Lipinski definition) is 8. The maximum atomic E-state index is 12.3. The van der Waals surface area contributed by atoms with Gasteiger partial charge < -0.3 is 29.2 Å². The van der Waals surface area contributed by atoms with Gasteiger partial charge in [-0.3, -0.25) is 0 Å². The van der Waals surface area contributed by atoms with E-state index in [2.05, 4.69) is 0 Å². The highest BCUT2D eigenvalue weighted by molar-refractivity contribution is 5.89. The zero-order chi connectivity index (χ0) is 20.8. The summed E-state index contributed by atoms with van der Waals surface area (Å²) in [5.74, 6) is -1.29. The number of esters is 2. The van der Waals surface area contributed by atoms with Gasteiger partial charge in [0.2, 0.25) is 0 Å². The molecule has 2 N–H and O–H groups in total. The zero-order valence-electron chi connectivity index (χ0n) is 15.7. The third kappa shape index (κ3) is 4.99. The van der Waals surface area contributed by atoms with Crippen molar-refractivity contribution >= 4 is 11.9 Å². The van der Waals surface area contributed by atoms with E-state index in [1.807, 2.05) is 0 Å². The van der Waals surface area contributed by atoms with Crippen LogP contribution < -0.4 is 0 Å². The molecule has 8 nitrogen and oxygen atoms in total. The zero-order valence-corrected chi connectivity index (χ0v) is 15.7. The lowest BCUT2D eigenvalue weighted by Gasteiger charge is -2.41. The molecule has 2 aromatic carbocycles.